The molecule has 0 aromatic carbocycles. The molecule has 25 heavy (non-hydrogen) atoms. The molecule has 1 saturated carbocycles. The highest BCUT2D eigenvalue weighted by Gasteiger charge is 2.25. The average molecular weight is 345 g/mol. The number of aromatic nitrogens is 2. The number of carbonyl (C=O) groups is 1. The second-order valence-electron chi connectivity index (χ2n) is 7.05. The fourth-order valence-electron chi connectivity index (χ4n) is 3.77. The zero-order valence-electron chi connectivity index (χ0n) is 14.5. The van der Waals surface area contributed by atoms with E-state index in [4.69, 9.17) is 5.21 Å². The topological polar surface area (TPSA) is 90.4 Å². The molecule has 2 aliphatic rings. The monoisotopic (exact) mass is 345 g/mol. The molecule has 3 rings (SSSR count). The van der Waals surface area contributed by atoms with Crippen molar-refractivity contribution in [2.24, 2.45) is 5.92 Å². The number of amides is 1. The molecule has 7 nitrogen and oxygen atoms in total. The fraction of sp³-hybridized carbons (Fsp3) is 0.611. The van der Waals surface area contributed by atoms with E-state index in [1.165, 1.54) is 56.3 Å². The Morgan fingerprint density at radius 1 is 1.24 bits per heavy atom. The predicted octanol–water partition coefficient (Wildman–Crippen LogP) is 2.06. The van der Waals surface area contributed by atoms with E-state index in [2.05, 4.69) is 20.4 Å². The van der Waals surface area contributed by atoms with Gasteiger partial charge in [0.05, 0.1) is 5.69 Å². The van der Waals surface area contributed by atoms with Crippen LogP contribution in [0.1, 0.15) is 44.2 Å². The van der Waals surface area contributed by atoms with Gasteiger partial charge in [0.1, 0.15) is 5.82 Å². The summed E-state index contributed by atoms with van der Waals surface area (Å²) < 4.78 is 0. The third kappa shape index (κ3) is 5.51. The molecule has 1 amide bonds. The number of hydrogen-bond acceptors (Lipinski definition) is 6. The van der Waals surface area contributed by atoms with Gasteiger partial charge in [0.15, 0.2) is 0 Å². The Bertz CT molecular complexity index is 584. The van der Waals surface area contributed by atoms with Crippen LogP contribution >= 0.6 is 0 Å². The summed E-state index contributed by atoms with van der Waals surface area (Å²) in [6, 6.07) is 4.08. The molecule has 2 heterocycles. The van der Waals surface area contributed by atoms with Crippen molar-refractivity contribution >= 4 is 17.8 Å². The van der Waals surface area contributed by atoms with Crippen molar-refractivity contribution in [1.82, 2.24) is 20.6 Å². The summed E-state index contributed by atoms with van der Waals surface area (Å²) in [6.07, 6.45) is 10.8. The first-order chi connectivity index (χ1) is 12.2. The summed E-state index contributed by atoms with van der Waals surface area (Å²) in [4.78, 5) is 13.5. The number of carbonyl (C=O) groups excluding carboxylic acids is 1. The number of anilines is 1. The van der Waals surface area contributed by atoms with Crippen molar-refractivity contribution in [3.63, 3.8) is 0 Å². The first-order valence-electron chi connectivity index (χ1n) is 9.17. The molecule has 0 bridgehead atoms. The molecule has 0 spiro atoms. The lowest BCUT2D eigenvalue weighted by molar-refractivity contribution is -0.124. The average Bonchev–Trinajstić information content (AvgIpc) is 3.08. The number of rotatable bonds is 6. The molecular formula is C18H27N5O2. The Kier molecular flexibility index (Phi) is 6.36. The normalized spacial score (nSPS) is 22.4. The fourth-order valence-corrected chi connectivity index (χ4v) is 3.77. The molecule has 1 aliphatic heterocycles. The van der Waals surface area contributed by atoms with Gasteiger partial charge in [0.25, 0.3) is 5.91 Å². The maximum Gasteiger partial charge on any atom is 0.267 e. The zero-order chi connectivity index (χ0) is 17.5. The van der Waals surface area contributed by atoms with Crippen LogP contribution in [-0.4, -0.2) is 51.9 Å². The first kappa shape index (κ1) is 17.8. The minimum absolute atomic E-state index is 0.416. The standard InChI is InChI=1S/C18H27N5O2/c24-18(22-25)9-7-15-6-8-17(21-20-15)19-16-10-11-23(13-16)12-14-4-2-1-3-5-14/h6-9,14,16,25H,1-5,10-13H2,(H,19,21)(H,22,24)/t16-/m1/s1. The Hall–Kier alpha value is -1.99. The van der Waals surface area contributed by atoms with Gasteiger partial charge in [-0.2, -0.15) is 0 Å². The van der Waals surface area contributed by atoms with Crippen LogP contribution in [0, 0.1) is 5.92 Å². The minimum atomic E-state index is -0.590. The lowest BCUT2D eigenvalue weighted by atomic mass is 9.89. The number of nitrogens with zero attached hydrogens (tertiary/aromatic N) is 3. The number of likely N-dealkylation sites (tertiary alicyclic amines) is 1. The van der Waals surface area contributed by atoms with Crippen LogP contribution in [0.3, 0.4) is 0 Å². The number of hydroxylamine groups is 1. The third-order valence-corrected chi connectivity index (χ3v) is 5.07. The van der Waals surface area contributed by atoms with Crippen LogP contribution in [0.15, 0.2) is 18.2 Å². The lowest BCUT2D eigenvalue weighted by Crippen LogP contribution is -2.31. The molecule has 1 aromatic rings. The van der Waals surface area contributed by atoms with Gasteiger partial charge in [-0.1, -0.05) is 19.3 Å². The molecule has 1 saturated heterocycles. The van der Waals surface area contributed by atoms with Crippen LogP contribution in [-0.2, 0) is 4.79 Å². The Morgan fingerprint density at radius 2 is 2.08 bits per heavy atom. The van der Waals surface area contributed by atoms with Gasteiger partial charge in [0.2, 0.25) is 0 Å². The highest BCUT2D eigenvalue weighted by molar-refractivity contribution is 5.90. The van der Waals surface area contributed by atoms with Crippen LogP contribution in [0.5, 0.6) is 0 Å². The van der Waals surface area contributed by atoms with Gasteiger partial charge in [-0.3, -0.25) is 10.0 Å². The van der Waals surface area contributed by atoms with E-state index in [1.54, 1.807) is 6.07 Å². The van der Waals surface area contributed by atoms with E-state index < -0.39 is 5.91 Å². The zero-order valence-corrected chi connectivity index (χ0v) is 14.5. The molecule has 1 aromatic heterocycles. The summed E-state index contributed by atoms with van der Waals surface area (Å²) in [7, 11) is 0. The van der Waals surface area contributed by atoms with Crippen LogP contribution in [0.4, 0.5) is 5.82 Å². The highest BCUT2D eigenvalue weighted by atomic mass is 16.5. The van der Waals surface area contributed by atoms with Crippen molar-refractivity contribution in [2.75, 3.05) is 25.0 Å². The Labute approximate surface area is 148 Å². The van der Waals surface area contributed by atoms with E-state index in [0.29, 0.717) is 11.7 Å². The summed E-state index contributed by atoms with van der Waals surface area (Å²) in [5, 5.41) is 20.1. The van der Waals surface area contributed by atoms with E-state index in [9.17, 15) is 4.79 Å². The number of hydrogen-bond donors (Lipinski definition) is 3. The molecule has 0 radical (unpaired) electrons. The maximum atomic E-state index is 10.9. The van der Waals surface area contributed by atoms with Gasteiger partial charge >= 0.3 is 0 Å². The van der Waals surface area contributed by atoms with Gasteiger partial charge in [-0.05, 0) is 43.4 Å². The second-order valence-corrected chi connectivity index (χ2v) is 7.05. The van der Waals surface area contributed by atoms with Crippen molar-refractivity contribution in [3.8, 4) is 0 Å². The molecule has 2 fully saturated rings. The van der Waals surface area contributed by atoms with Gasteiger partial charge in [0, 0.05) is 31.8 Å². The van der Waals surface area contributed by atoms with Crippen LogP contribution < -0.4 is 10.8 Å². The number of nitrogens with one attached hydrogen (secondary N) is 2. The van der Waals surface area contributed by atoms with E-state index in [0.717, 1.165) is 31.2 Å². The summed E-state index contributed by atoms with van der Waals surface area (Å²) in [6.45, 7) is 3.45. The molecule has 1 aliphatic carbocycles. The molecule has 1 atom stereocenters. The Morgan fingerprint density at radius 3 is 2.80 bits per heavy atom. The summed E-state index contributed by atoms with van der Waals surface area (Å²) in [5.74, 6) is 1.05. The van der Waals surface area contributed by atoms with Crippen molar-refractivity contribution in [2.45, 2.75) is 44.6 Å². The minimum Gasteiger partial charge on any atom is -0.365 e. The lowest BCUT2D eigenvalue weighted by Gasteiger charge is -2.26. The van der Waals surface area contributed by atoms with Crippen molar-refractivity contribution in [3.05, 3.63) is 23.9 Å². The summed E-state index contributed by atoms with van der Waals surface area (Å²) in [5.41, 5.74) is 2.11. The van der Waals surface area contributed by atoms with Gasteiger partial charge in [-0.15, -0.1) is 10.2 Å². The van der Waals surface area contributed by atoms with E-state index >= 15 is 0 Å². The molecule has 3 N–H and O–H groups in total. The van der Waals surface area contributed by atoms with E-state index in [-0.39, 0.29) is 0 Å². The van der Waals surface area contributed by atoms with Gasteiger partial charge in [-0.25, -0.2) is 5.48 Å². The van der Waals surface area contributed by atoms with Crippen LogP contribution in [0.2, 0.25) is 0 Å². The quantitative estimate of drug-likeness (QED) is 0.415. The highest BCUT2D eigenvalue weighted by Crippen LogP contribution is 2.26. The van der Waals surface area contributed by atoms with Crippen molar-refractivity contribution < 1.29 is 10.0 Å². The Balaban J connectivity index is 1.45. The molecule has 0 unspecified atom stereocenters. The third-order valence-electron chi connectivity index (χ3n) is 5.07. The van der Waals surface area contributed by atoms with E-state index in [1.807, 2.05) is 6.07 Å². The van der Waals surface area contributed by atoms with Gasteiger partial charge < -0.3 is 10.2 Å². The molecule has 136 valence electrons. The molecule has 7 heteroatoms. The van der Waals surface area contributed by atoms with Crippen molar-refractivity contribution in [1.29, 1.82) is 0 Å². The largest absolute Gasteiger partial charge is 0.365 e. The smallest absolute Gasteiger partial charge is 0.267 e. The second kappa shape index (κ2) is 8.92. The SMILES string of the molecule is O=C(C=Cc1ccc(N[C@@H]2CCN(CC3CCCCC3)C2)nn1)NO. The maximum absolute atomic E-state index is 10.9. The first-order valence-corrected chi connectivity index (χ1v) is 9.17. The van der Waals surface area contributed by atoms with Crippen LogP contribution in [0.25, 0.3) is 6.08 Å². The summed E-state index contributed by atoms with van der Waals surface area (Å²) >= 11 is 0. The predicted molar refractivity (Wildman–Crippen MR) is 96.0 cm³/mol. The molecular weight excluding hydrogens is 318 g/mol.